The van der Waals surface area contributed by atoms with Gasteiger partial charge in [0, 0.05) is 18.9 Å². The van der Waals surface area contributed by atoms with Crippen LogP contribution in [0.3, 0.4) is 0 Å². The molecule has 80 valence electrons. The lowest BCUT2D eigenvalue weighted by atomic mass is 10.4. The highest BCUT2D eigenvalue weighted by Crippen LogP contribution is 2.04. The average Bonchev–Trinajstić information content (AvgIpc) is 2.87. The fraction of sp³-hybridized carbons (Fsp3) is 0.500. The van der Waals surface area contributed by atoms with Crippen LogP contribution in [0.25, 0.3) is 0 Å². The first-order valence-electron chi connectivity index (χ1n) is 5.15. The summed E-state index contributed by atoms with van der Waals surface area (Å²) in [4.78, 5) is 4.42. The summed E-state index contributed by atoms with van der Waals surface area (Å²) in [6, 6.07) is 1.84. The van der Waals surface area contributed by atoms with E-state index in [0.717, 1.165) is 30.2 Å². The fourth-order valence-electron chi connectivity index (χ4n) is 1.44. The lowest BCUT2D eigenvalue weighted by molar-refractivity contribution is 0.407. The summed E-state index contributed by atoms with van der Waals surface area (Å²) in [7, 11) is 0. The smallest absolute Gasteiger partial charge is 0.150 e. The summed E-state index contributed by atoms with van der Waals surface area (Å²) in [6.07, 6.45) is 3.31. The molecular weight excluding hydrogens is 192 g/mol. The van der Waals surface area contributed by atoms with Crippen LogP contribution >= 0.6 is 0 Å². The van der Waals surface area contributed by atoms with Gasteiger partial charge in [0.2, 0.25) is 0 Å². The van der Waals surface area contributed by atoms with E-state index in [1.165, 1.54) is 0 Å². The number of aromatic nitrogens is 4. The lowest BCUT2D eigenvalue weighted by Crippen LogP contribution is -2.06. The molecule has 0 saturated heterocycles. The molecule has 0 aliphatic rings. The number of aryl methyl sites for hydroxylation is 2. The van der Waals surface area contributed by atoms with Crippen LogP contribution in [0.5, 0.6) is 0 Å². The molecule has 0 aliphatic heterocycles. The monoisotopic (exact) mass is 206 g/mol. The van der Waals surface area contributed by atoms with E-state index in [0.29, 0.717) is 6.54 Å². The second kappa shape index (κ2) is 4.25. The van der Waals surface area contributed by atoms with Crippen LogP contribution in [-0.2, 0) is 19.4 Å². The Balaban J connectivity index is 2.23. The molecule has 0 aliphatic carbocycles. The number of rotatable bonds is 4. The van der Waals surface area contributed by atoms with Crippen molar-refractivity contribution in [2.75, 3.05) is 0 Å². The highest BCUT2D eigenvalue weighted by Gasteiger charge is 2.08. The molecule has 0 spiro atoms. The van der Waals surface area contributed by atoms with E-state index in [1.807, 2.05) is 10.7 Å². The zero-order valence-corrected chi connectivity index (χ0v) is 8.97. The van der Waals surface area contributed by atoms with Crippen molar-refractivity contribution in [2.24, 2.45) is 0 Å². The van der Waals surface area contributed by atoms with Gasteiger partial charge in [-0.1, -0.05) is 19.0 Å². The van der Waals surface area contributed by atoms with Gasteiger partial charge in [-0.05, 0) is 0 Å². The van der Waals surface area contributed by atoms with Crippen LogP contribution in [0.2, 0.25) is 0 Å². The molecule has 0 saturated carbocycles. The first-order valence-corrected chi connectivity index (χ1v) is 5.15. The van der Waals surface area contributed by atoms with E-state index in [9.17, 15) is 0 Å². The molecule has 0 fully saturated rings. The average molecular weight is 206 g/mol. The van der Waals surface area contributed by atoms with Gasteiger partial charge in [0.1, 0.15) is 17.8 Å². The molecule has 0 bridgehead atoms. The summed E-state index contributed by atoms with van der Waals surface area (Å²) >= 11 is 0. The molecule has 15 heavy (non-hydrogen) atoms. The molecule has 2 rings (SSSR count). The van der Waals surface area contributed by atoms with Crippen molar-refractivity contribution in [3.05, 3.63) is 29.7 Å². The maximum absolute atomic E-state index is 4.78. The van der Waals surface area contributed by atoms with Crippen LogP contribution in [0.15, 0.2) is 16.9 Å². The molecule has 5 heteroatoms. The first kappa shape index (κ1) is 9.89. The fourth-order valence-corrected chi connectivity index (χ4v) is 1.44. The molecule has 2 aromatic heterocycles. The molecule has 2 heterocycles. The SMILES string of the molecule is CCc1nc(CC)n(Cc2ccon2)n1. The Morgan fingerprint density at radius 2 is 2.20 bits per heavy atom. The van der Waals surface area contributed by atoms with Gasteiger partial charge in [-0.25, -0.2) is 9.67 Å². The van der Waals surface area contributed by atoms with Gasteiger partial charge in [0.05, 0.1) is 6.54 Å². The first-order chi connectivity index (χ1) is 7.33. The van der Waals surface area contributed by atoms with Crippen LogP contribution < -0.4 is 0 Å². The van der Waals surface area contributed by atoms with Crippen molar-refractivity contribution in [3.63, 3.8) is 0 Å². The Morgan fingerprint density at radius 3 is 2.80 bits per heavy atom. The Labute approximate surface area is 88.1 Å². The van der Waals surface area contributed by atoms with Crippen molar-refractivity contribution in [3.8, 4) is 0 Å². The molecule has 0 aromatic carbocycles. The van der Waals surface area contributed by atoms with E-state index in [4.69, 9.17) is 4.52 Å². The largest absolute Gasteiger partial charge is 0.364 e. The third-order valence-electron chi connectivity index (χ3n) is 2.23. The molecule has 0 unspecified atom stereocenters. The summed E-state index contributed by atoms with van der Waals surface area (Å²) in [5.74, 6) is 1.88. The highest BCUT2D eigenvalue weighted by atomic mass is 16.5. The standard InChI is InChI=1S/C10H14N4O/c1-3-9-11-10(4-2)14(12-9)7-8-5-6-15-13-8/h5-6H,3-4,7H2,1-2H3. The Bertz CT molecular complexity index is 419. The Hall–Kier alpha value is -1.65. The van der Waals surface area contributed by atoms with Crippen LogP contribution in [-0.4, -0.2) is 19.9 Å². The highest BCUT2D eigenvalue weighted by molar-refractivity contribution is 5.00. The van der Waals surface area contributed by atoms with Crippen molar-refractivity contribution in [1.82, 2.24) is 19.9 Å². The van der Waals surface area contributed by atoms with E-state index in [1.54, 1.807) is 6.26 Å². The van der Waals surface area contributed by atoms with Gasteiger partial charge < -0.3 is 4.52 Å². The van der Waals surface area contributed by atoms with Crippen molar-refractivity contribution in [2.45, 2.75) is 33.2 Å². The molecule has 0 amide bonds. The van der Waals surface area contributed by atoms with E-state index in [2.05, 4.69) is 29.1 Å². The molecule has 0 N–H and O–H groups in total. The minimum Gasteiger partial charge on any atom is -0.364 e. The predicted octanol–water partition coefficient (Wildman–Crippen LogP) is 1.44. The Morgan fingerprint density at radius 1 is 1.33 bits per heavy atom. The van der Waals surface area contributed by atoms with E-state index >= 15 is 0 Å². The van der Waals surface area contributed by atoms with E-state index in [-0.39, 0.29) is 0 Å². The van der Waals surface area contributed by atoms with Crippen LogP contribution in [0.1, 0.15) is 31.2 Å². The number of hydrogen-bond acceptors (Lipinski definition) is 4. The Kier molecular flexibility index (Phi) is 2.80. The predicted molar refractivity (Wildman–Crippen MR) is 54.4 cm³/mol. The van der Waals surface area contributed by atoms with Gasteiger partial charge in [-0.15, -0.1) is 0 Å². The van der Waals surface area contributed by atoms with E-state index < -0.39 is 0 Å². The molecule has 0 radical (unpaired) electrons. The van der Waals surface area contributed by atoms with Crippen LogP contribution in [0, 0.1) is 0 Å². The van der Waals surface area contributed by atoms with Crippen molar-refractivity contribution < 1.29 is 4.52 Å². The van der Waals surface area contributed by atoms with Crippen molar-refractivity contribution in [1.29, 1.82) is 0 Å². The molecule has 5 nitrogen and oxygen atoms in total. The number of nitrogens with zero attached hydrogens (tertiary/aromatic N) is 4. The number of hydrogen-bond donors (Lipinski definition) is 0. The third-order valence-corrected chi connectivity index (χ3v) is 2.23. The quantitative estimate of drug-likeness (QED) is 0.759. The minimum absolute atomic E-state index is 0.632. The molecule has 0 atom stereocenters. The second-order valence-corrected chi connectivity index (χ2v) is 3.30. The van der Waals surface area contributed by atoms with Gasteiger partial charge in [-0.2, -0.15) is 5.10 Å². The summed E-state index contributed by atoms with van der Waals surface area (Å²) in [6.45, 7) is 4.75. The van der Waals surface area contributed by atoms with Gasteiger partial charge in [-0.3, -0.25) is 0 Å². The molecule has 2 aromatic rings. The summed E-state index contributed by atoms with van der Waals surface area (Å²) in [5, 5.41) is 8.26. The topological polar surface area (TPSA) is 56.7 Å². The van der Waals surface area contributed by atoms with Crippen LogP contribution in [0.4, 0.5) is 0 Å². The van der Waals surface area contributed by atoms with Gasteiger partial charge >= 0.3 is 0 Å². The van der Waals surface area contributed by atoms with Crippen molar-refractivity contribution >= 4 is 0 Å². The van der Waals surface area contributed by atoms with Gasteiger partial charge in [0.15, 0.2) is 5.82 Å². The second-order valence-electron chi connectivity index (χ2n) is 3.30. The zero-order chi connectivity index (χ0) is 10.7. The minimum atomic E-state index is 0.632. The normalized spacial score (nSPS) is 10.8. The van der Waals surface area contributed by atoms with Gasteiger partial charge in [0.25, 0.3) is 0 Å². The zero-order valence-electron chi connectivity index (χ0n) is 8.97. The third kappa shape index (κ3) is 2.06. The molecular formula is C10H14N4O. The summed E-state index contributed by atoms with van der Waals surface area (Å²) < 4.78 is 6.67. The summed E-state index contributed by atoms with van der Waals surface area (Å²) in [5.41, 5.74) is 0.872. The maximum Gasteiger partial charge on any atom is 0.150 e. The maximum atomic E-state index is 4.78. The lowest BCUT2D eigenvalue weighted by Gasteiger charge is -1.99.